The van der Waals surface area contributed by atoms with Crippen LogP contribution in [0.4, 0.5) is 0 Å². The van der Waals surface area contributed by atoms with Crippen molar-refractivity contribution in [2.75, 3.05) is 6.54 Å². The number of aliphatic carboxylic acids is 1. The van der Waals surface area contributed by atoms with Crippen LogP contribution < -0.4 is 5.32 Å². The summed E-state index contributed by atoms with van der Waals surface area (Å²) in [5.74, 6) is -1.98. The van der Waals surface area contributed by atoms with Crippen molar-refractivity contribution in [1.29, 1.82) is 0 Å². The van der Waals surface area contributed by atoms with Crippen LogP contribution in [0.25, 0.3) is 0 Å². The van der Waals surface area contributed by atoms with Crippen LogP contribution >= 0.6 is 0 Å². The predicted molar refractivity (Wildman–Crippen MR) is 64.9 cm³/mol. The van der Waals surface area contributed by atoms with Crippen LogP contribution in [0.5, 0.6) is 0 Å². The van der Waals surface area contributed by atoms with Gasteiger partial charge in [-0.3, -0.25) is 9.59 Å². The molecule has 92 valence electrons. The van der Waals surface area contributed by atoms with Crippen molar-refractivity contribution >= 4 is 11.9 Å². The lowest BCUT2D eigenvalue weighted by atomic mass is 9.94. The van der Waals surface area contributed by atoms with E-state index in [-0.39, 0.29) is 12.3 Å². The second-order valence-corrected chi connectivity index (χ2v) is 3.96. The number of carboxylic acids is 1. The highest BCUT2D eigenvalue weighted by atomic mass is 16.4. The van der Waals surface area contributed by atoms with E-state index in [2.05, 4.69) is 5.32 Å². The van der Waals surface area contributed by atoms with Gasteiger partial charge in [-0.25, -0.2) is 0 Å². The van der Waals surface area contributed by atoms with Gasteiger partial charge in [0.15, 0.2) is 0 Å². The SMILES string of the molecule is CCNC(=O)CC(C(=O)O)c1cccc(C)c1. The van der Waals surface area contributed by atoms with Crippen molar-refractivity contribution in [3.63, 3.8) is 0 Å². The third-order valence-electron chi connectivity index (χ3n) is 2.51. The van der Waals surface area contributed by atoms with Gasteiger partial charge in [-0.05, 0) is 19.4 Å². The van der Waals surface area contributed by atoms with Gasteiger partial charge in [0.1, 0.15) is 0 Å². The van der Waals surface area contributed by atoms with E-state index in [9.17, 15) is 9.59 Å². The van der Waals surface area contributed by atoms with Crippen LogP contribution in [0.2, 0.25) is 0 Å². The van der Waals surface area contributed by atoms with Crippen molar-refractivity contribution in [3.05, 3.63) is 35.4 Å². The lowest BCUT2D eigenvalue weighted by Crippen LogP contribution is -2.27. The number of benzene rings is 1. The molecule has 1 rings (SSSR count). The van der Waals surface area contributed by atoms with Gasteiger partial charge >= 0.3 is 5.97 Å². The number of carboxylic acid groups (broad SMARTS) is 1. The molecule has 0 aromatic heterocycles. The van der Waals surface area contributed by atoms with E-state index >= 15 is 0 Å². The zero-order valence-electron chi connectivity index (χ0n) is 10.1. The van der Waals surface area contributed by atoms with Crippen molar-refractivity contribution in [1.82, 2.24) is 5.32 Å². The monoisotopic (exact) mass is 235 g/mol. The highest BCUT2D eigenvalue weighted by Gasteiger charge is 2.22. The smallest absolute Gasteiger partial charge is 0.311 e. The third kappa shape index (κ3) is 3.90. The molecule has 0 aliphatic heterocycles. The molecule has 1 aromatic carbocycles. The summed E-state index contributed by atoms with van der Waals surface area (Å²) in [7, 11) is 0. The number of aryl methyl sites for hydroxylation is 1. The fourth-order valence-electron chi connectivity index (χ4n) is 1.69. The Labute approximate surface area is 101 Å². The summed E-state index contributed by atoms with van der Waals surface area (Å²) in [6.07, 6.45) is -0.0212. The van der Waals surface area contributed by atoms with Crippen LogP contribution in [-0.2, 0) is 9.59 Å². The average Bonchev–Trinajstić information content (AvgIpc) is 2.26. The van der Waals surface area contributed by atoms with Crippen molar-refractivity contribution in [3.8, 4) is 0 Å². The number of rotatable bonds is 5. The van der Waals surface area contributed by atoms with E-state index < -0.39 is 11.9 Å². The maximum Gasteiger partial charge on any atom is 0.311 e. The van der Waals surface area contributed by atoms with Crippen LogP contribution in [-0.4, -0.2) is 23.5 Å². The summed E-state index contributed by atoms with van der Waals surface area (Å²) >= 11 is 0. The molecule has 1 atom stereocenters. The molecule has 4 heteroatoms. The topological polar surface area (TPSA) is 66.4 Å². The largest absolute Gasteiger partial charge is 0.481 e. The molecule has 0 fully saturated rings. The highest BCUT2D eigenvalue weighted by Crippen LogP contribution is 2.20. The maximum absolute atomic E-state index is 11.4. The molecule has 17 heavy (non-hydrogen) atoms. The second kappa shape index (κ2) is 6.03. The molecule has 0 radical (unpaired) electrons. The normalized spacial score (nSPS) is 11.9. The molecule has 0 spiro atoms. The summed E-state index contributed by atoms with van der Waals surface area (Å²) < 4.78 is 0. The Kier molecular flexibility index (Phi) is 4.69. The summed E-state index contributed by atoms with van der Waals surface area (Å²) in [5.41, 5.74) is 1.66. The number of carbonyl (C=O) groups excluding carboxylic acids is 1. The molecule has 0 heterocycles. The van der Waals surface area contributed by atoms with Gasteiger partial charge in [-0.1, -0.05) is 29.8 Å². The first-order chi connectivity index (χ1) is 8.04. The minimum atomic E-state index is -0.971. The van der Waals surface area contributed by atoms with Gasteiger partial charge in [-0.2, -0.15) is 0 Å². The summed E-state index contributed by atoms with van der Waals surface area (Å²) in [6, 6.07) is 7.25. The van der Waals surface area contributed by atoms with E-state index in [1.165, 1.54) is 0 Å². The number of nitrogens with one attached hydrogen (secondary N) is 1. The fourth-order valence-corrected chi connectivity index (χ4v) is 1.69. The van der Waals surface area contributed by atoms with E-state index in [1.54, 1.807) is 25.1 Å². The van der Waals surface area contributed by atoms with Gasteiger partial charge in [0.05, 0.1) is 5.92 Å². The Morgan fingerprint density at radius 2 is 2.12 bits per heavy atom. The quantitative estimate of drug-likeness (QED) is 0.816. The Balaban J connectivity index is 2.86. The first-order valence-electron chi connectivity index (χ1n) is 5.60. The van der Waals surface area contributed by atoms with E-state index in [0.717, 1.165) is 5.56 Å². The Bertz CT molecular complexity index is 415. The number of hydrogen-bond donors (Lipinski definition) is 2. The molecule has 1 unspecified atom stereocenters. The average molecular weight is 235 g/mol. The van der Waals surface area contributed by atoms with Crippen LogP contribution in [0, 0.1) is 6.92 Å². The van der Waals surface area contributed by atoms with Crippen LogP contribution in [0.3, 0.4) is 0 Å². The fraction of sp³-hybridized carbons (Fsp3) is 0.385. The van der Waals surface area contributed by atoms with Crippen molar-refractivity contribution in [2.45, 2.75) is 26.2 Å². The van der Waals surface area contributed by atoms with Crippen LogP contribution in [0.15, 0.2) is 24.3 Å². The maximum atomic E-state index is 11.4. The van der Waals surface area contributed by atoms with Gasteiger partial charge < -0.3 is 10.4 Å². The van der Waals surface area contributed by atoms with E-state index in [4.69, 9.17) is 5.11 Å². The molecular formula is C13H17NO3. The van der Waals surface area contributed by atoms with Gasteiger partial charge in [0.25, 0.3) is 0 Å². The minimum Gasteiger partial charge on any atom is -0.481 e. The Morgan fingerprint density at radius 3 is 2.65 bits per heavy atom. The third-order valence-corrected chi connectivity index (χ3v) is 2.51. The number of amides is 1. The standard InChI is InChI=1S/C13H17NO3/c1-3-14-12(15)8-11(13(16)17)10-6-4-5-9(2)7-10/h4-7,11H,3,8H2,1-2H3,(H,14,15)(H,16,17). The number of carbonyl (C=O) groups is 2. The molecule has 0 saturated heterocycles. The van der Waals surface area contributed by atoms with E-state index in [0.29, 0.717) is 12.1 Å². The first-order valence-corrected chi connectivity index (χ1v) is 5.60. The molecule has 0 aliphatic rings. The molecule has 0 saturated carbocycles. The van der Waals surface area contributed by atoms with Crippen molar-refractivity contribution in [2.24, 2.45) is 0 Å². The second-order valence-electron chi connectivity index (χ2n) is 3.96. The Morgan fingerprint density at radius 1 is 1.41 bits per heavy atom. The number of hydrogen-bond acceptors (Lipinski definition) is 2. The van der Waals surface area contributed by atoms with Gasteiger partial charge in [0.2, 0.25) is 5.91 Å². The molecular weight excluding hydrogens is 218 g/mol. The highest BCUT2D eigenvalue weighted by molar-refractivity contribution is 5.85. The zero-order valence-corrected chi connectivity index (χ0v) is 10.1. The van der Waals surface area contributed by atoms with Gasteiger partial charge in [0, 0.05) is 13.0 Å². The molecule has 0 aliphatic carbocycles. The first kappa shape index (κ1) is 13.2. The predicted octanol–water partition coefficient (Wildman–Crippen LogP) is 1.69. The minimum absolute atomic E-state index is 0.0212. The summed E-state index contributed by atoms with van der Waals surface area (Å²) in [5, 5.41) is 11.8. The molecule has 0 bridgehead atoms. The van der Waals surface area contributed by atoms with Gasteiger partial charge in [-0.15, -0.1) is 0 Å². The lowest BCUT2D eigenvalue weighted by molar-refractivity contribution is -0.140. The van der Waals surface area contributed by atoms with E-state index in [1.807, 2.05) is 13.0 Å². The summed E-state index contributed by atoms with van der Waals surface area (Å²) in [4.78, 5) is 22.6. The summed E-state index contributed by atoms with van der Waals surface area (Å²) in [6.45, 7) is 4.22. The molecule has 4 nitrogen and oxygen atoms in total. The van der Waals surface area contributed by atoms with Crippen LogP contribution in [0.1, 0.15) is 30.4 Å². The molecule has 1 aromatic rings. The molecule has 2 N–H and O–H groups in total. The Hall–Kier alpha value is -1.84. The zero-order chi connectivity index (χ0) is 12.8. The lowest BCUT2D eigenvalue weighted by Gasteiger charge is -2.12. The molecule has 1 amide bonds. The van der Waals surface area contributed by atoms with Crippen molar-refractivity contribution < 1.29 is 14.7 Å².